The average Bonchev–Trinajstić information content (AvgIpc) is 2.53. The third-order valence-electron chi connectivity index (χ3n) is 3.96. The van der Waals surface area contributed by atoms with Crippen LogP contribution in [0.3, 0.4) is 0 Å². The minimum atomic E-state index is 0. The van der Waals surface area contributed by atoms with Crippen LogP contribution in [0.15, 0.2) is 29.3 Å². The molecule has 0 unspecified atom stereocenters. The molecule has 0 atom stereocenters. The van der Waals surface area contributed by atoms with E-state index in [4.69, 9.17) is 0 Å². The van der Waals surface area contributed by atoms with Crippen LogP contribution in [0, 0.1) is 5.92 Å². The van der Waals surface area contributed by atoms with E-state index >= 15 is 0 Å². The summed E-state index contributed by atoms with van der Waals surface area (Å²) in [6.07, 6.45) is 1.01. The van der Waals surface area contributed by atoms with Crippen molar-refractivity contribution in [3.8, 4) is 0 Å². The van der Waals surface area contributed by atoms with Crippen LogP contribution in [-0.4, -0.2) is 55.4 Å². The standard InChI is InChI=1S/C18H28N4O.HI/c1-14(2)11-19-18(20-12-17(23)21(3)4)22-10-9-15-7-5-6-8-16(15)13-22;/h5-8,14H,9-13H2,1-4H3,(H,19,20);1H. The number of benzene rings is 1. The van der Waals surface area contributed by atoms with Gasteiger partial charge in [0.25, 0.3) is 0 Å². The summed E-state index contributed by atoms with van der Waals surface area (Å²) >= 11 is 0. The highest BCUT2D eigenvalue weighted by Crippen LogP contribution is 2.18. The molecule has 1 amide bonds. The minimum absolute atomic E-state index is 0. The number of rotatable bonds is 4. The quantitative estimate of drug-likeness (QED) is 0.441. The molecule has 0 saturated carbocycles. The molecular weight excluding hydrogens is 415 g/mol. The fourth-order valence-electron chi connectivity index (χ4n) is 2.52. The highest BCUT2D eigenvalue weighted by Gasteiger charge is 2.19. The molecule has 6 heteroatoms. The van der Waals surface area contributed by atoms with E-state index in [2.05, 4.69) is 53.3 Å². The molecule has 1 aromatic rings. The molecule has 1 aliphatic rings. The second-order valence-electron chi connectivity index (χ2n) is 6.64. The maximum atomic E-state index is 11.8. The number of nitrogens with zero attached hydrogens (tertiary/aromatic N) is 3. The average molecular weight is 444 g/mol. The van der Waals surface area contributed by atoms with Gasteiger partial charge in [-0.25, -0.2) is 4.99 Å². The van der Waals surface area contributed by atoms with Crippen molar-refractivity contribution in [1.29, 1.82) is 0 Å². The Morgan fingerprint density at radius 3 is 2.58 bits per heavy atom. The molecule has 24 heavy (non-hydrogen) atoms. The normalized spacial score (nSPS) is 14.0. The summed E-state index contributed by atoms with van der Waals surface area (Å²) in [7, 11) is 3.52. The Morgan fingerprint density at radius 1 is 1.29 bits per heavy atom. The van der Waals surface area contributed by atoms with Gasteiger partial charge in [0, 0.05) is 33.7 Å². The first-order valence-electron chi connectivity index (χ1n) is 8.27. The van der Waals surface area contributed by atoms with E-state index in [0.29, 0.717) is 5.92 Å². The fourth-order valence-corrected chi connectivity index (χ4v) is 2.52. The molecule has 0 fully saturated rings. The highest BCUT2D eigenvalue weighted by molar-refractivity contribution is 14.0. The van der Waals surface area contributed by atoms with E-state index in [1.54, 1.807) is 19.0 Å². The van der Waals surface area contributed by atoms with Gasteiger partial charge in [-0.05, 0) is 23.5 Å². The number of fused-ring (bicyclic) bond motifs is 1. The third kappa shape index (κ3) is 5.96. The van der Waals surface area contributed by atoms with Gasteiger partial charge in [-0.1, -0.05) is 38.1 Å². The zero-order valence-electron chi connectivity index (χ0n) is 15.1. The molecule has 134 valence electrons. The first kappa shape index (κ1) is 20.7. The molecule has 1 aliphatic heterocycles. The minimum Gasteiger partial charge on any atom is -0.356 e. The maximum absolute atomic E-state index is 11.8. The Bertz CT molecular complexity index is 572. The summed E-state index contributed by atoms with van der Waals surface area (Å²) in [5.41, 5.74) is 2.76. The lowest BCUT2D eigenvalue weighted by atomic mass is 10.0. The van der Waals surface area contributed by atoms with E-state index in [0.717, 1.165) is 32.0 Å². The number of carbonyl (C=O) groups excluding carboxylic acids is 1. The van der Waals surface area contributed by atoms with Crippen molar-refractivity contribution in [2.75, 3.05) is 33.7 Å². The van der Waals surface area contributed by atoms with E-state index in [1.807, 2.05) is 0 Å². The molecule has 1 aromatic carbocycles. The summed E-state index contributed by atoms with van der Waals surface area (Å²) in [5.74, 6) is 1.39. The molecule has 0 radical (unpaired) electrons. The smallest absolute Gasteiger partial charge is 0.243 e. The van der Waals surface area contributed by atoms with Crippen LogP contribution in [0.5, 0.6) is 0 Å². The van der Waals surface area contributed by atoms with Gasteiger partial charge in [-0.15, -0.1) is 24.0 Å². The number of hydrogen-bond acceptors (Lipinski definition) is 2. The van der Waals surface area contributed by atoms with Gasteiger partial charge >= 0.3 is 0 Å². The predicted molar refractivity (Wildman–Crippen MR) is 110 cm³/mol. The van der Waals surface area contributed by atoms with E-state index in [1.165, 1.54) is 11.1 Å². The van der Waals surface area contributed by atoms with Gasteiger partial charge in [-0.2, -0.15) is 0 Å². The Balaban J connectivity index is 0.00000288. The Morgan fingerprint density at radius 2 is 1.96 bits per heavy atom. The van der Waals surface area contributed by atoms with Crippen LogP contribution in [0.4, 0.5) is 0 Å². The van der Waals surface area contributed by atoms with Crippen LogP contribution >= 0.6 is 24.0 Å². The summed E-state index contributed by atoms with van der Waals surface area (Å²) in [4.78, 5) is 20.2. The number of aliphatic imine (C=N–C) groups is 1. The molecule has 0 bridgehead atoms. The van der Waals surface area contributed by atoms with Crippen molar-refractivity contribution in [1.82, 2.24) is 15.1 Å². The molecule has 0 spiro atoms. The van der Waals surface area contributed by atoms with Crippen LogP contribution in [0.2, 0.25) is 0 Å². The van der Waals surface area contributed by atoms with Crippen molar-refractivity contribution in [2.45, 2.75) is 26.8 Å². The highest BCUT2D eigenvalue weighted by atomic mass is 127. The fraction of sp³-hybridized carbons (Fsp3) is 0.556. The SMILES string of the molecule is CC(C)CNC(=NCC(=O)N(C)C)N1CCc2ccccc2C1.I. The first-order chi connectivity index (χ1) is 11.0. The Labute approximate surface area is 162 Å². The summed E-state index contributed by atoms with van der Waals surface area (Å²) in [6.45, 7) is 7.15. The molecule has 2 rings (SSSR count). The zero-order valence-corrected chi connectivity index (χ0v) is 17.4. The summed E-state index contributed by atoms with van der Waals surface area (Å²) in [6, 6.07) is 8.54. The maximum Gasteiger partial charge on any atom is 0.243 e. The van der Waals surface area contributed by atoms with Gasteiger partial charge in [0.2, 0.25) is 5.91 Å². The Hall–Kier alpha value is -1.31. The van der Waals surface area contributed by atoms with Crippen molar-refractivity contribution < 1.29 is 4.79 Å². The van der Waals surface area contributed by atoms with Gasteiger partial charge in [0.1, 0.15) is 6.54 Å². The number of halogens is 1. The van der Waals surface area contributed by atoms with Gasteiger partial charge in [0.05, 0.1) is 0 Å². The topological polar surface area (TPSA) is 47.9 Å². The molecule has 0 saturated heterocycles. The third-order valence-corrected chi connectivity index (χ3v) is 3.96. The van der Waals surface area contributed by atoms with Crippen molar-refractivity contribution in [3.05, 3.63) is 35.4 Å². The lowest BCUT2D eigenvalue weighted by molar-refractivity contribution is -0.127. The molecular formula is C18H29IN4O. The van der Waals surface area contributed by atoms with Gasteiger partial charge in [-0.3, -0.25) is 4.79 Å². The van der Waals surface area contributed by atoms with Crippen molar-refractivity contribution >= 4 is 35.8 Å². The summed E-state index contributed by atoms with van der Waals surface area (Å²) < 4.78 is 0. The summed E-state index contributed by atoms with van der Waals surface area (Å²) in [5, 5.41) is 3.42. The number of guanidine groups is 1. The lowest BCUT2D eigenvalue weighted by Gasteiger charge is -2.32. The Kier molecular flexibility index (Phi) is 8.52. The second-order valence-corrected chi connectivity index (χ2v) is 6.64. The number of likely N-dealkylation sites (N-methyl/N-ethyl adjacent to an activating group) is 1. The van der Waals surface area contributed by atoms with Crippen LogP contribution < -0.4 is 5.32 Å². The largest absolute Gasteiger partial charge is 0.356 e. The monoisotopic (exact) mass is 444 g/mol. The number of amides is 1. The number of carbonyl (C=O) groups is 1. The van der Waals surface area contributed by atoms with E-state index in [9.17, 15) is 4.79 Å². The van der Waals surface area contributed by atoms with Gasteiger partial charge in [0.15, 0.2) is 5.96 Å². The molecule has 0 aromatic heterocycles. The van der Waals surface area contributed by atoms with Crippen LogP contribution in [0.25, 0.3) is 0 Å². The van der Waals surface area contributed by atoms with E-state index < -0.39 is 0 Å². The van der Waals surface area contributed by atoms with Gasteiger partial charge < -0.3 is 15.1 Å². The zero-order chi connectivity index (χ0) is 16.8. The first-order valence-corrected chi connectivity index (χ1v) is 8.27. The van der Waals surface area contributed by atoms with Crippen molar-refractivity contribution in [3.63, 3.8) is 0 Å². The molecule has 5 nitrogen and oxygen atoms in total. The van der Waals surface area contributed by atoms with Crippen molar-refractivity contribution in [2.24, 2.45) is 10.9 Å². The molecule has 0 aliphatic carbocycles. The number of hydrogen-bond donors (Lipinski definition) is 1. The predicted octanol–water partition coefficient (Wildman–Crippen LogP) is 2.35. The van der Waals surface area contributed by atoms with Crippen LogP contribution in [0.1, 0.15) is 25.0 Å². The molecule has 1 N–H and O–H groups in total. The molecule has 1 heterocycles. The van der Waals surface area contributed by atoms with E-state index in [-0.39, 0.29) is 36.4 Å². The second kappa shape index (κ2) is 9.86. The number of nitrogens with one attached hydrogen (secondary N) is 1. The lowest BCUT2D eigenvalue weighted by Crippen LogP contribution is -2.45. The van der Waals surface area contributed by atoms with Crippen LogP contribution in [-0.2, 0) is 17.8 Å².